The van der Waals surface area contributed by atoms with Crippen LogP contribution in [0.2, 0.25) is 5.02 Å². The molecule has 1 N–H and O–H groups in total. The number of nitrogens with one attached hydrogen (secondary N) is 1. The second-order valence-electron chi connectivity index (χ2n) is 5.27. The van der Waals surface area contributed by atoms with Crippen LogP contribution in [-0.4, -0.2) is 43.2 Å². The molecule has 1 aromatic carbocycles. The molecule has 1 amide bonds. The van der Waals surface area contributed by atoms with Crippen molar-refractivity contribution in [2.75, 3.05) is 25.5 Å². The highest BCUT2D eigenvalue weighted by molar-refractivity contribution is 6.31. The predicted molar refractivity (Wildman–Crippen MR) is 81.1 cm³/mol. The van der Waals surface area contributed by atoms with Crippen molar-refractivity contribution in [3.63, 3.8) is 0 Å². The van der Waals surface area contributed by atoms with Gasteiger partial charge in [-0.2, -0.15) is 0 Å². The molecular formula is C15H20ClFN2O2. The molecule has 1 heterocycles. The predicted octanol–water partition coefficient (Wildman–Crippen LogP) is 2.92. The fraction of sp³-hybridized carbons (Fsp3) is 0.533. The van der Waals surface area contributed by atoms with Gasteiger partial charge in [-0.25, -0.2) is 4.39 Å². The number of halogens is 2. The van der Waals surface area contributed by atoms with E-state index in [9.17, 15) is 9.18 Å². The Kier molecular flexibility index (Phi) is 5.56. The lowest BCUT2D eigenvalue weighted by Gasteiger charge is -2.34. The first-order chi connectivity index (χ1) is 10.0. The summed E-state index contributed by atoms with van der Waals surface area (Å²) in [5.41, 5.74) is 0.505. The molecule has 116 valence electrons. The number of benzene rings is 1. The first-order valence-electron chi connectivity index (χ1n) is 7.04. The number of hydrogen-bond acceptors (Lipinski definition) is 3. The first kappa shape index (κ1) is 16.2. The fourth-order valence-corrected chi connectivity index (χ4v) is 2.67. The SMILES string of the molecule is COC1CCN(C(C)C(=O)Nc2ccc(F)c(Cl)c2)CC1. The molecule has 0 bridgehead atoms. The molecule has 1 saturated heterocycles. The normalized spacial score (nSPS) is 18.5. The molecule has 0 spiro atoms. The van der Waals surface area contributed by atoms with Gasteiger partial charge >= 0.3 is 0 Å². The number of ether oxygens (including phenoxy) is 1. The second kappa shape index (κ2) is 7.20. The number of carbonyl (C=O) groups excluding carboxylic acids is 1. The smallest absolute Gasteiger partial charge is 0.241 e. The molecule has 2 rings (SSSR count). The third kappa shape index (κ3) is 4.15. The van der Waals surface area contributed by atoms with Crippen LogP contribution in [0.5, 0.6) is 0 Å². The van der Waals surface area contributed by atoms with Crippen molar-refractivity contribution in [2.24, 2.45) is 0 Å². The van der Waals surface area contributed by atoms with Crippen LogP contribution in [-0.2, 0) is 9.53 Å². The summed E-state index contributed by atoms with van der Waals surface area (Å²) < 4.78 is 18.4. The topological polar surface area (TPSA) is 41.6 Å². The monoisotopic (exact) mass is 314 g/mol. The van der Waals surface area contributed by atoms with Gasteiger partial charge in [-0.3, -0.25) is 9.69 Å². The molecule has 1 aliphatic heterocycles. The minimum atomic E-state index is -0.496. The van der Waals surface area contributed by atoms with Crippen molar-refractivity contribution in [1.82, 2.24) is 4.90 Å². The van der Waals surface area contributed by atoms with Crippen LogP contribution in [0, 0.1) is 5.82 Å². The van der Waals surface area contributed by atoms with Crippen molar-refractivity contribution in [3.8, 4) is 0 Å². The molecule has 1 atom stereocenters. The molecule has 1 unspecified atom stereocenters. The van der Waals surface area contributed by atoms with E-state index in [1.165, 1.54) is 18.2 Å². The van der Waals surface area contributed by atoms with E-state index in [0.717, 1.165) is 25.9 Å². The van der Waals surface area contributed by atoms with Gasteiger partial charge in [0.05, 0.1) is 17.2 Å². The number of hydrogen-bond donors (Lipinski definition) is 1. The van der Waals surface area contributed by atoms with E-state index in [1.54, 1.807) is 7.11 Å². The Bertz CT molecular complexity index is 504. The Morgan fingerprint density at radius 1 is 1.48 bits per heavy atom. The molecule has 6 heteroatoms. The zero-order chi connectivity index (χ0) is 15.4. The number of anilines is 1. The maximum Gasteiger partial charge on any atom is 0.241 e. The maximum atomic E-state index is 13.1. The number of methoxy groups -OCH3 is 1. The first-order valence-corrected chi connectivity index (χ1v) is 7.42. The molecule has 21 heavy (non-hydrogen) atoms. The zero-order valence-corrected chi connectivity index (χ0v) is 13.0. The van der Waals surface area contributed by atoms with Crippen LogP contribution in [0.15, 0.2) is 18.2 Å². The summed E-state index contributed by atoms with van der Waals surface area (Å²) in [4.78, 5) is 14.4. The average Bonchev–Trinajstić information content (AvgIpc) is 2.50. The molecule has 0 aromatic heterocycles. The molecule has 1 aliphatic rings. The number of rotatable bonds is 4. The Hall–Kier alpha value is -1.17. The third-order valence-electron chi connectivity index (χ3n) is 3.92. The minimum absolute atomic E-state index is 0.00126. The van der Waals surface area contributed by atoms with Gasteiger partial charge in [-0.1, -0.05) is 11.6 Å². The van der Waals surface area contributed by atoms with Crippen molar-refractivity contribution < 1.29 is 13.9 Å². The van der Waals surface area contributed by atoms with Crippen molar-refractivity contribution in [3.05, 3.63) is 29.0 Å². The zero-order valence-electron chi connectivity index (χ0n) is 12.2. The number of piperidine rings is 1. The highest BCUT2D eigenvalue weighted by Crippen LogP contribution is 2.20. The van der Waals surface area contributed by atoms with Gasteiger partial charge in [0.1, 0.15) is 5.82 Å². The Morgan fingerprint density at radius 3 is 2.71 bits per heavy atom. The lowest BCUT2D eigenvalue weighted by molar-refractivity contribution is -0.121. The highest BCUT2D eigenvalue weighted by Gasteiger charge is 2.26. The van der Waals surface area contributed by atoms with Gasteiger partial charge in [-0.05, 0) is 38.0 Å². The van der Waals surface area contributed by atoms with E-state index in [-0.39, 0.29) is 23.1 Å². The quantitative estimate of drug-likeness (QED) is 0.929. The van der Waals surface area contributed by atoms with Crippen LogP contribution in [0.4, 0.5) is 10.1 Å². The average molecular weight is 315 g/mol. The summed E-state index contributed by atoms with van der Waals surface area (Å²) in [7, 11) is 1.72. The maximum absolute atomic E-state index is 13.1. The van der Waals surface area contributed by atoms with E-state index in [4.69, 9.17) is 16.3 Å². The summed E-state index contributed by atoms with van der Waals surface area (Å²) in [6.07, 6.45) is 2.14. The molecule has 4 nitrogen and oxygen atoms in total. The number of amides is 1. The van der Waals surface area contributed by atoms with E-state index in [0.29, 0.717) is 5.69 Å². The highest BCUT2D eigenvalue weighted by atomic mass is 35.5. The van der Waals surface area contributed by atoms with Gasteiger partial charge in [0.25, 0.3) is 0 Å². The Morgan fingerprint density at radius 2 is 2.14 bits per heavy atom. The van der Waals surface area contributed by atoms with E-state index >= 15 is 0 Å². The van der Waals surface area contributed by atoms with E-state index < -0.39 is 5.82 Å². The summed E-state index contributed by atoms with van der Waals surface area (Å²) in [6.45, 7) is 3.53. The van der Waals surface area contributed by atoms with Crippen molar-refractivity contribution in [1.29, 1.82) is 0 Å². The van der Waals surface area contributed by atoms with Crippen LogP contribution in [0.25, 0.3) is 0 Å². The minimum Gasteiger partial charge on any atom is -0.381 e. The van der Waals surface area contributed by atoms with Crippen LogP contribution >= 0.6 is 11.6 Å². The van der Waals surface area contributed by atoms with E-state index in [1.807, 2.05) is 6.92 Å². The number of carbonyl (C=O) groups is 1. The van der Waals surface area contributed by atoms with Crippen molar-refractivity contribution >= 4 is 23.2 Å². The van der Waals surface area contributed by atoms with Gasteiger partial charge in [0.2, 0.25) is 5.91 Å². The third-order valence-corrected chi connectivity index (χ3v) is 4.21. The van der Waals surface area contributed by atoms with Gasteiger partial charge in [0, 0.05) is 25.9 Å². The Labute approximate surface area is 129 Å². The number of nitrogens with zero attached hydrogens (tertiary/aromatic N) is 1. The van der Waals surface area contributed by atoms with Gasteiger partial charge < -0.3 is 10.1 Å². The van der Waals surface area contributed by atoms with Crippen LogP contribution in [0.3, 0.4) is 0 Å². The van der Waals surface area contributed by atoms with Gasteiger partial charge in [0.15, 0.2) is 0 Å². The standard InChI is InChI=1S/C15H20ClFN2O2/c1-10(19-7-5-12(21-2)6-8-19)15(20)18-11-3-4-14(17)13(16)9-11/h3-4,9-10,12H,5-8H2,1-2H3,(H,18,20). The molecule has 0 aliphatic carbocycles. The largest absolute Gasteiger partial charge is 0.381 e. The second-order valence-corrected chi connectivity index (χ2v) is 5.67. The lowest BCUT2D eigenvalue weighted by atomic mass is 10.1. The van der Waals surface area contributed by atoms with Gasteiger partial charge in [-0.15, -0.1) is 0 Å². The molecule has 0 saturated carbocycles. The molecule has 1 aromatic rings. The summed E-state index contributed by atoms with van der Waals surface area (Å²) in [6, 6.07) is 3.92. The van der Waals surface area contributed by atoms with Crippen molar-refractivity contribution in [2.45, 2.75) is 31.9 Å². The van der Waals surface area contributed by atoms with Crippen LogP contribution in [0.1, 0.15) is 19.8 Å². The lowest BCUT2D eigenvalue weighted by Crippen LogP contribution is -2.47. The van der Waals surface area contributed by atoms with E-state index in [2.05, 4.69) is 10.2 Å². The summed E-state index contributed by atoms with van der Waals surface area (Å²) >= 11 is 5.71. The van der Waals surface area contributed by atoms with Crippen LogP contribution < -0.4 is 5.32 Å². The molecular weight excluding hydrogens is 295 g/mol. The fourth-order valence-electron chi connectivity index (χ4n) is 2.49. The molecule has 1 fully saturated rings. The molecule has 0 radical (unpaired) electrons. The summed E-state index contributed by atoms with van der Waals surface area (Å²) in [5.74, 6) is -0.613. The summed E-state index contributed by atoms with van der Waals surface area (Å²) in [5, 5.41) is 2.77. The Balaban J connectivity index is 1.92. The number of likely N-dealkylation sites (tertiary alicyclic amines) is 1.